The summed E-state index contributed by atoms with van der Waals surface area (Å²) in [6.45, 7) is 2.65. The molecule has 114 valence electrons. The molecule has 1 N–H and O–H groups in total. The number of aliphatic carboxylic acids is 1. The number of carboxylic acids is 1. The molecular weight excluding hydrogens is 270 g/mol. The van der Waals surface area contributed by atoms with Crippen molar-refractivity contribution in [3.63, 3.8) is 0 Å². The van der Waals surface area contributed by atoms with Gasteiger partial charge in [0.1, 0.15) is 11.5 Å². The zero-order chi connectivity index (χ0) is 15.0. The zero-order valence-corrected chi connectivity index (χ0v) is 12.2. The number of carbonyl (C=O) groups excluding carboxylic acids is 1. The van der Waals surface area contributed by atoms with Gasteiger partial charge >= 0.3 is 5.97 Å². The van der Waals surface area contributed by atoms with Crippen molar-refractivity contribution in [2.75, 3.05) is 6.54 Å². The summed E-state index contributed by atoms with van der Waals surface area (Å²) in [7, 11) is 0. The van der Waals surface area contributed by atoms with Crippen LogP contribution >= 0.6 is 0 Å². The van der Waals surface area contributed by atoms with Gasteiger partial charge in [-0.25, -0.2) is 0 Å². The van der Waals surface area contributed by atoms with E-state index in [1.165, 1.54) is 0 Å². The van der Waals surface area contributed by atoms with Crippen molar-refractivity contribution < 1.29 is 19.1 Å². The van der Waals surface area contributed by atoms with Crippen LogP contribution in [-0.2, 0) is 9.59 Å². The number of hydrogen-bond acceptors (Lipinski definition) is 3. The lowest BCUT2D eigenvalue weighted by molar-refractivity contribution is -0.141. The van der Waals surface area contributed by atoms with Gasteiger partial charge in [-0.05, 0) is 51.2 Å². The highest BCUT2D eigenvalue weighted by atomic mass is 16.4. The number of aryl methyl sites for hydroxylation is 1. The number of carbonyl (C=O) groups is 2. The average molecular weight is 291 g/mol. The number of carboxylic acid groups (broad SMARTS) is 1. The summed E-state index contributed by atoms with van der Waals surface area (Å²) in [4.78, 5) is 25.6. The fraction of sp³-hybridized carbons (Fsp3) is 0.625. The number of rotatable bonds is 3. The molecule has 2 heterocycles. The maximum absolute atomic E-state index is 12.7. The van der Waals surface area contributed by atoms with E-state index in [4.69, 9.17) is 9.52 Å². The molecule has 0 aromatic carbocycles. The number of hydrogen-bond donors (Lipinski definition) is 1. The topological polar surface area (TPSA) is 70.8 Å². The fourth-order valence-corrected chi connectivity index (χ4v) is 3.62. The molecule has 1 unspecified atom stereocenters. The lowest BCUT2D eigenvalue weighted by atomic mass is 10.0. The Morgan fingerprint density at radius 3 is 2.62 bits per heavy atom. The van der Waals surface area contributed by atoms with E-state index in [1.807, 2.05) is 24.0 Å². The Hall–Kier alpha value is -1.78. The monoisotopic (exact) mass is 291 g/mol. The normalized spacial score (nSPS) is 29.0. The molecule has 1 aliphatic heterocycles. The summed E-state index contributed by atoms with van der Waals surface area (Å²) in [6.07, 6.45) is 3.69. The second-order valence-corrected chi connectivity index (χ2v) is 6.18. The van der Waals surface area contributed by atoms with E-state index in [-0.39, 0.29) is 23.8 Å². The molecule has 3 rings (SSSR count). The van der Waals surface area contributed by atoms with Gasteiger partial charge in [-0.15, -0.1) is 0 Å². The molecule has 1 saturated heterocycles. The van der Waals surface area contributed by atoms with Crippen molar-refractivity contribution in [2.45, 2.75) is 45.1 Å². The third-order valence-corrected chi connectivity index (χ3v) is 4.76. The van der Waals surface area contributed by atoms with Crippen molar-refractivity contribution >= 4 is 11.9 Å². The number of amides is 1. The maximum Gasteiger partial charge on any atom is 0.306 e. The molecule has 1 saturated carbocycles. The van der Waals surface area contributed by atoms with E-state index in [0.29, 0.717) is 19.3 Å². The van der Waals surface area contributed by atoms with Crippen LogP contribution in [0.15, 0.2) is 16.5 Å². The average Bonchev–Trinajstić information content (AvgIpc) is 3.17. The predicted molar refractivity (Wildman–Crippen MR) is 75.6 cm³/mol. The molecule has 5 heteroatoms. The molecular formula is C16H21NO4. The second kappa shape index (κ2) is 5.54. The quantitative estimate of drug-likeness (QED) is 0.929. The van der Waals surface area contributed by atoms with Gasteiger partial charge in [0.15, 0.2) is 0 Å². The minimum absolute atomic E-state index is 0.0232. The highest BCUT2D eigenvalue weighted by Gasteiger charge is 2.40. The molecule has 0 radical (unpaired) electrons. The standard InChI is InChI=1S/C16H21NO4/c1-10-4-7-14(21-10)13-3-2-8-17(13)15(18)11-5-6-12(9-11)16(19)20/h4,7,11-13H,2-3,5-6,8-9H2,1H3,(H,19,20)/t11-,12+,13?/m1/s1. The first-order chi connectivity index (χ1) is 10.1. The molecule has 21 heavy (non-hydrogen) atoms. The summed E-state index contributed by atoms with van der Waals surface area (Å²) in [6, 6.07) is 3.89. The van der Waals surface area contributed by atoms with Crippen molar-refractivity contribution in [1.29, 1.82) is 0 Å². The molecule has 1 aromatic heterocycles. The lowest BCUT2D eigenvalue weighted by Gasteiger charge is -2.26. The lowest BCUT2D eigenvalue weighted by Crippen LogP contribution is -2.35. The Labute approximate surface area is 123 Å². The van der Waals surface area contributed by atoms with Crippen LogP contribution in [0.4, 0.5) is 0 Å². The Bertz CT molecular complexity index is 550. The molecule has 1 aromatic rings. The van der Waals surface area contributed by atoms with Gasteiger partial charge in [-0.1, -0.05) is 0 Å². The third-order valence-electron chi connectivity index (χ3n) is 4.76. The van der Waals surface area contributed by atoms with Crippen LogP contribution in [0.5, 0.6) is 0 Å². The molecule has 5 nitrogen and oxygen atoms in total. The fourth-order valence-electron chi connectivity index (χ4n) is 3.62. The maximum atomic E-state index is 12.7. The van der Waals surface area contributed by atoms with E-state index in [9.17, 15) is 9.59 Å². The Balaban J connectivity index is 1.71. The first kappa shape index (κ1) is 14.2. The highest BCUT2D eigenvalue weighted by Crippen LogP contribution is 2.38. The Morgan fingerprint density at radius 2 is 2.00 bits per heavy atom. The zero-order valence-electron chi connectivity index (χ0n) is 12.2. The molecule has 1 aliphatic carbocycles. The van der Waals surface area contributed by atoms with Crippen LogP contribution in [0.2, 0.25) is 0 Å². The molecule has 1 amide bonds. The van der Waals surface area contributed by atoms with Crippen molar-refractivity contribution in [3.8, 4) is 0 Å². The van der Waals surface area contributed by atoms with Gasteiger partial charge in [0.2, 0.25) is 5.91 Å². The van der Waals surface area contributed by atoms with E-state index >= 15 is 0 Å². The van der Waals surface area contributed by atoms with E-state index in [1.54, 1.807) is 0 Å². The van der Waals surface area contributed by atoms with Crippen LogP contribution < -0.4 is 0 Å². The highest BCUT2D eigenvalue weighted by molar-refractivity contribution is 5.81. The first-order valence-corrected chi connectivity index (χ1v) is 7.66. The first-order valence-electron chi connectivity index (χ1n) is 7.66. The minimum atomic E-state index is -0.773. The Kier molecular flexibility index (Phi) is 3.74. The summed E-state index contributed by atoms with van der Waals surface area (Å²) in [5.74, 6) is 0.552. The largest absolute Gasteiger partial charge is 0.481 e. The minimum Gasteiger partial charge on any atom is -0.481 e. The summed E-state index contributed by atoms with van der Waals surface area (Å²) >= 11 is 0. The van der Waals surface area contributed by atoms with Crippen molar-refractivity contribution in [1.82, 2.24) is 4.90 Å². The molecule has 2 fully saturated rings. The van der Waals surface area contributed by atoms with Gasteiger partial charge < -0.3 is 14.4 Å². The number of nitrogens with zero attached hydrogens (tertiary/aromatic N) is 1. The smallest absolute Gasteiger partial charge is 0.306 e. The summed E-state index contributed by atoms with van der Waals surface area (Å²) < 4.78 is 5.68. The van der Waals surface area contributed by atoms with Crippen LogP contribution in [0.1, 0.15) is 49.7 Å². The SMILES string of the molecule is Cc1ccc(C2CCCN2C(=O)[C@@H]2CC[C@H](C(=O)O)C2)o1. The van der Waals surface area contributed by atoms with Crippen LogP contribution in [0, 0.1) is 18.8 Å². The van der Waals surface area contributed by atoms with E-state index < -0.39 is 5.97 Å². The van der Waals surface area contributed by atoms with Crippen molar-refractivity contribution in [3.05, 3.63) is 23.7 Å². The van der Waals surface area contributed by atoms with Crippen molar-refractivity contribution in [2.24, 2.45) is 11.8 Å². The van der Waals surface area contributed by atoms with Gasteiger partial charge in [0, 0.05) is 12.5 Å². The molecule has 2 aliphatic rings. The second-order valence-electron chi connectivity index (χ2n) is 6.18. The van der Waals surface area contributed by atoms with Crippen LogP contribution in [-0.4, -0.2) is 28.4 Å². The predicted octanol–water partition coefficient (Wildman–Crippen LogP) is 2.75. The van der Waals surface area contributed by atoms with Crippen LogP contribution in [0.3, 0.4) is 0 Å². The van der Waals surface area contributed by atoms with Gasteiger partial charge in [-0.2, -0.15) is 0 Å². The van der Waals surface area contributed by atoms with Gasteiger partial charge in [0.25, 0.3) is 0 Å². The summed E-state index contributed by atoms with van der Waals surface area (Å²) in [5, 5.41) is 9.07. The number of likely N-dealkylation sites (tertiary alicyclic amines) is 1. The van der Waals surface area contributed by atoms with E-state index in [0.717, 1.165) is 30.9 Å². The van der Waals surface area contributed by atoms with Gasteiger partial charge in [0.05, 0.1) is 12.0 Å². The third kappa shape index (κ3) is 2.69. The number of furan rings is 1. The van der Waals surface area contributed by atoms with E-state index in [2.05, 4.69) is 0 Å². The molecule has 0 spiro atoms. The molecule has 3 atom stereocenters. The summed E-state index contributed by atoms with van der Waals surface area (Å²) in [5.41, 5.74) is 0. The van der Waals surface area contributed by atoms with Crippen LogP contribution in [0.25, 0.3) is 0 Å². The van der Waals surface area contributed by atoms with Gasteiger partial charge in [-0.3, -0.25) is 9.59 Å². The Morgan fingerprint density at radius 1 is 1.24 bits per heavy atom. The molecule has 0 bridgehead atoms.